The maximum atomic E-state index is 13.0. The van der Waals surface area contributed by atoms with Crippen LogP contribution in [0.2, 0.25) is 5.02 Å². The van der Waals surface area contributed by atoms with Crippen molar-refractivity contribution >= 4 is 23.2 Å². The molecule has 1 aliphatic carbocycles. The number of nitrogens with zero attached hydrogens (tertiary/aromatic N) is 2. The molecular weight excluding hydrogens is 359 g/mol. The third kappa shape index (κ3) is 3.89. The van der Waals surface area contributed by atoms with E-state index in [9.17, 15) is 18.0 Å². The van der Waals surface area contributed by atoms with E-state index in [1.807, 2.05) is 0 Å². The van der Waals surface area contributed by atoms with Gasteiger partial charge in [0.15, 0.2) is 5.69 Å². The smallest absolute Gasteiger partial charge is 0.436 e. The van der Waals surface area contributed by atoms with E-state index in [0.717, 1.165) is 17.5 Å². The van der Waals surface area contributed by atoms with Crippen LogP contribution < -0.4 is 10.1 Å². The van der Waals surface area contributed by atoms with Gasteiger partial charge in [0.25, 0.3) is 0 Å². The summed E-state index contributed by atoms with van der Waals surface area (Å²) in [6.45, 7) is -0.348. The second-order valence-electron chi connectivity index (χ2n) is 5.76. The number of hydrogen-bond acceptors (Lipinski definition) is 3. The lowest BCUT2D eigenvalue weighted by Gasteiger charge is -2.09. The van der Waals surface area contributed by atoms with Crippen molar-refractivity contribution in [1.29, 1.82) is 0 Å². The number of rotatable bonds is 5. The lowest BCUT2D eigenvalue weighted by atomic mass is 10.2. The largest absolute Gasteiger partial charge is 0.497 e. The van der Waals surface area contributed by atoms with Crippen LogP contribution >= 0.6 is 11.6 Å². The summed E-state index contributed by atoms with van der Waals surface area (Å²) in [5.74, 6) is -0.0262. The maximum absolute atomic E-state index is 13.0. The molecule has 0 aliphatic heterocycles. The number of halogens is 4. The van der Waals surface area contributed by atoms with Crippen molar-refractivity contribution < 1.29 is 22.7 Å². The Balaban J connectivity index is 1.81. The number of nitrogens with one attached hydrogen (secondary N) is 1. The van der Waals surface area contributed by atoms with Crippen molar-refractivity contribution in [3.63, 3.8) is 0 Å². The number of hydrogen-bond donors (Lipinski definition) is 1. The molecule has 25 heavy (non-hydrogen) atoms. The van der Waals surface area contributed by atoms with E-state index in [1.165, 1.54) is 7.11 Å². The van der Waals surface area contributed by atoms with Crippen molar-refractivity contribution in [3.05, 3.63) is 40.7 Å². The Kier molecular flexibility index (Phi) is 4.64. The number of alkyl halides is 3. The summed E-state index contributed by atoms with van der Waals surface area (Å²) in [6.07, 6.45) is -3.18. The molecule has 1 N–H and O–H groups in total. The highest BCUT2D eigenvalue weighted by Gasteiger charge is 2.42. The number of amides is 1. The molecule has 0 bridgehead atoms. The van der Waals surface area contributed by atoms with Gasteiger partial charge in [0.2, 0.25) is 5.91 Å². The van der Waals surface area contributed by atoms with Gasteiger partial charge >= 0.3 is 6.18 Å². The van der Waals surface area contributed by atoms with Gasteiger partial charge in [-0.25, -0.2) is 0 Å². The standard InChI is InChI=1S/C16H15ClF3N3O2/c1-25-11-4-2-3-10(7-11)21-12(24)8-23-14(9-5-6-9)13(17)15(22-23)16(18,19)20/h2-4,7,9H,5-6,8H2,1H3,(H,21,24). The highest BCUT2D eigenvalue weighted by atomic mass is 35.5. The number of carbonyl (C=O) groups excluding carboxylic acids is 1. The first-order valence-corrected chi connectivity index (χ1v) is 7.94. The molecule has 1 aromatic heterocycles. The van der Waals surface area contributed by atoms with E-state index in [-0.39, 0.29) is 18.2 Å². The summed E-state index contributed by atoms with van der Waals surface area (Å²) in [5, 5.41) is 5.73. The lowest BCUT2D eigenvalue weighted by molar-refractivity contribution is -0.141. The Morgan fingerprint density at radius 1 is 1.44 bits per heavy atom. The molecule has 134 valence electrons. The first-order valence-electron chi connectivity index (χ1n) is 7.57. The van der Waals surface area contributed by atoms with Crippen LogP contribution in [0.3, 0.4) is 0 Å². The lowest BCUT2D eigenvalue weighted by Crippen LogP contribution is -2.21. The van der Waals surface area contributed by atoms with Gasteiger partial charge in [-0.2, -0.15) is 18.3 Å². The van der Waals surface area contributed by atoms with Gasteiger partial charge in [-0.1, -0.05) is 17.7 Å². The van der Waals surface area contributed by atoms with Crippen LogP contribution in [-0.2, 0) is 17.5 Å². The minimum absolute atomic E-state index is 0.0827. The van der Waals surface area contributed by atoms with E-state index in [0.29, 0.717) is 11.4 Å². The highest BCUT2D eigenvalue weighted by molar-refractivity contribution is 6.32. The first-order chi connectivity index (χ1) is 11.8. The summed E-state index contributed by atoms with van der Waals surface area (Å²) in [4.78, 5) is 12.2. The summed E-state index contributed by atoms with van der Waals surface area (Å²) in [6, 6.07) is 6.66. The Hall–Kier alpha value is -2.22. The van der Waals surface area contributed by atoms with Crippen molar-refractivity contribution in [1.82, 2.24) is 9.78 Å². The van der Waals surface area contributed by atoms with Crippen molar-refractivity contribution in [2.24, 2.45) is 0 Å². The van der Waals surface area contributed by atoms with E-state index in [4.69, 9.17) is 16.3 Å². The second-order valence-corrected chi connectivity index (χ2v) is 6.14. The molecule has 0 spiro atoms. The fourth-order valence-electron chi connectivity index (χ4n) is 2.54. The Labute approximate surface area is 146 Å². The molecule has 9 heteroatoms. The fraction of sp³-hybridized carbons (Fsp3) is 0.375. The zero-order chi connectivity index (χ0) is 18.2. The number of benzene rings is 1. The van der Waals surface area contributed by atoms with E-state index in [2.05, 4.69) is 10.4 Å². The van der Waals surface area contributed by atoms with Gasteiger partial charge in [0.05, 0.1) is 17.8 Å². The monoisotopic (exact) mass is 373 g/mol. The normalized spacial score (nSPS) is 14.4. The van der Waals surface area contributed by atoms with Gasteiger partial charge in [0.1, 0.15) is 12.3 Å². The summed E-state index contributed by atoms with van der Waals surface area (Å²) >= 11 is 5.88. The van der Waals surface area contributed by atoms with Crippen LogP contribution in [-0.4, -0.2) is 22.8 Å². The van der Waals surface area contributed by atoms with Gasteiger partial charge in [-0.05, 0) is 25.0 Å². The molecule has 2 aromatic rings. The Morgan fingerprint density at radius 2 is 2.16 bits per heavy atom. The molecule has 3 rings (SSSR count). The van der Waals surface area contributed by atoms with Crippen LogP contribution in [0, 0.1) is 0 Å². The van der Waals surface area contributed by atoms with Crippen molar-refractivity contribution in [2.75, 3.05) is 12.4 Å². The average Bonchev–Trinajstić information content (AvgIpc) is 3.31. The van der Waals surface area contributed by atoms with Crippen molar-refractivity contribution in [2.45, 2.75) is 31.5 Å². The fourth-order valence-corrected chi connectivity index (χ4v) is 2.94. The molecule has 0 atom stereocenters. The molecule has 1 amide bonds. The molecule has 1 aliphatic rings. The third-order valence-corrected chi connectivity index (χ3v) is 4.18. The van der Waals surface area contributed by atoms with E-state index < -0.39 is 22.8 Å². The molecule has 1 fully saturated rings. The zero-order valence-electron chi connectivity index (χ0n) is 13.2. The topological polar surface area (TPSA) is 56.1 Å². The molecule has 0 unspecified atom stereocenters. The minimum Gasteiger partial charge on any atom is -0.497 e. The van der Waals surface area contributed by atoms with E-state index in [1.54, 1.807) is 24.3 Å². The number of anilines is 1. The minimum atomic E-state index is -4.66. The SMILES string of the molecule is COc1cccc(NC(=O)Cn2nc(C(F)(F)F)c(Cl)c2C2CC2)c1. The van der Waals surface area contributed by atoms with Gasteiger partial charge < -0.3 is 10.1 Å². The van der Waals surface area contributed by atoms with Crippen LogP contribution in [0.1, 0.15) is 30.1 Å². The summed E-state index contributed by atoms with van der Waals surface area (Å²) in [5.41, 5.74) is -0.397. The molecular formula is C16H15ClF3N3O2. The molecule has 1 saturated carbocycles. The molecule has 5 nitrogen and oxygen atoms in total. The number of ether oxygens (including phenoxy) is 1. The molecule has 1 heterocycles. The molecule has 1 aromatic carbocycles. The molecule has 0 saturated heterocycles. The predicted octanol–water partition coefficient (Wildman–Crippen LogP) is 4.08. The van der Waals surface area contributed by atoms with Crippen LogP contribution in [0.5, 0.6) is 5.75 Å². The quantitative estimate of drug-likeness (QED) is 0.859. The molecule has 0 radical (unpaired) electrons. The van der Waals surface area contributed by atoms with Crippen LogP contribution in [0.25, 0.3) is 0 Å². The van der Waals surface area contributed by atoms with E-state index >= 15 is 0 Å². The van der Waals surface area contributed by atoms with Gasteiger partial charge in [-0.15, -0.1) is 0 Å². The van der Waals surface area contributed by atoms with Crippen LogP contribution in [0.15, 0.2) is 24.3 Å². The summed E-state index contributed by atoms with van der Waals surface area (Å²) in [7, 11) is 1.49. The number of methoxy groups -OCH3 is 1. The summed E-state index contributed by atoms with van der Waals surface area (Å²) < 4.78 is 45.2. The Bertz CT molecular complexity index is 800. The van der Waals surface area contributed by atoms with Gasteiger partial charge in [-0.3, -0.25) is 9.48 Å². The number of carbonyl (C=O) groups is 1. The first kappa shape index (κ1) is 17.6. The van der Waals surface area contributed by atoms with Crippen molar-refractivity contribution in [3.8, 4) is 5.75 Å². The predicted molar refractivity (Wildman–Crippen MR) is 85.8 cm³/mol. The maximum Gasteiger partial charge on any atom is 0.436 e. The average molecular weight is 374 g/mol. The number of aromatic nitrogens is 2. The van der Waals surface area contributed by atoms with Crippen LogP contribution in [0.4, 0.5) is 18.9 Å². The highest BCUT2D eigenvalue weighted by Crippen LogP contribution is 2.46. The van der Waals surface area contributed by atoms with Gasteiger partial charge in [0, 0.05) is 17.7 Å². The third-order valence-electron chi connectivity index (χ3n) is 3.81. The second kappa shape index (κ2) is 6.59. The zero-order valence-corrected chi connectivity index (χ0v) is 14.0. The Morgan fingerprint density at radius 3 is 2.76 bits per heavy atom.